The van der Waals surface area contributed by atoms with Gasteiger partial charge in [-0.1, -0.05) is 32.0 Å². The number of anilines is 1. The molecule has 2 rings (SSSR count). The van der Waals surface area contributed by atoms with Gasteiger partial charge in [-0.15, -0.1) is 0 Å². The molecule has 1 atom stereocenters. The van der Waals surface area contributed by atoms with Gasteiger partial charge in [0.2, 0.25) is 0 Å². The molecule has 1 aliphatic rings. The molecule has 1 saturated heterocycles. The summed E-state index contributed by atoms with van der Waals surface area (Å²) in [6.45, 7) is 6.98. The number of nitrogens with one attached hydrogen (secondary N) is 1. The lowest BCUT2D eigenvalue weighted by Crippen LogP contribution is -2.53. The minimum atomic E-state index is 0.336. The van der Waals surface area contributed by atoms with Gasteiger partial charge in [0.15, 0.2) is 0 Å². The Morgan fingerprint density at radius 3 is 2.50 bits per heavy atom. The maximum absolute atomic E-state index is 3.44. The molecular weight excluding hydrogens is 196 g/mol. The van der Waals surface area contributed by atoms with Gasteiger partial charge in [0.25, 0.3) is 0 Å². The predicted octanol–water partition coefficient (Wildman–Crippen LogP) is 2.51. The lowest BCUT2D eigenvalue weighted by Gasteiger charge is -2.45. The number of benzene rings is 1. The monoisotopic (exact) mass is 218 g/mol. The Labute approximate surface area is 98.7 Å². The van der Waals surface area contributed by atoms with Gasteiger partial charge >= 0.3 is 0 Å². The van der Waals surface area contributed by atoms with Crippen molar-refractivity contribution in [3.63, 3.8) is 0 Å². The van der Waals surface area contributed by atoms with Crippen LogP contribution in [0.4, 0.5) is 5.69 Å². The fourth-order valence-corrected chi connectivity index (χ4v) is 2.75. The molecular formula is C14H22N2. The molecule has 0 aliphatic carbocycles. The molecule has 1 aliphatic heterocycles. The van der Waals surface area contributed by atoms with Crippen molar-refractivity contribution in [2.45, 2.75) is 26.3 Å². The first-order valence-corrected chi connectivity index (χ1v) is 6.11. The van der Waals surface area contributed by atoms with Crippen LogP contribution in [-0.4, -0.2) is 26.2 Å². The molecule has 1 aromatic carbocycles. The summed E-state index contributed by atoms with van der Waals surface area (Å²) >= 11 is 0. The minimum Gasteiger partial charge on any atom is -0.371 e. The molecule has 88 valence electrons. The zero-order chi connectivity index (χ0) is 11.6. The van der Waals surface area contributed by atoms with Crippen molar-refractivity contribution in [2.75, 3.05) is 25.0 Å². The van der Waals surface area contributed by atoms with Crippen molar-refractivity contribution >= 4 is 5.69 Å². The number of nitrogens with zero attached hydrogens (tertiary/aromatic N) is 1. The van der Waals surface area contributed by atoms with Crippen LogP contribution in [0.5, 0.6) is 0 Å². The van der Waals surface area contributed by atoms with Crippen molar-refractivity contribution in [1.82, 2.24) is 5.32 Å². The molecule has 2 heteroatoms. The topological polar surface area (TPSA) is 15.3 Å². The summed E-state index contributed by atoms with van der Waals surface area (Å²) in [6, 6.07) is 11.4. The van der Waals surface area contributed by atoms with E-state index in [1.54, 1.807) is 0 Å². The second-order valence-electron chi connectivity index (χ2n) is 5.38. The van der Waals surface area contributed by atoms with Crippen LogP contribution in [-0.2, 0) is 0 Å². The molecule has 1 aromatic rings. The standard InChI is InChI=1S/C14H22N2/c1-14(2)11-16(10-9-13(14)15-3)12-7-5-4-6-8-12/h4-8,13,15H,9-11H2,1-3H3. The van der Waals surface area contributed by atoms with Gasteiger partial charge in [-0.05, 0) is 31.0 Å². The van der Waals surface area contributed by atoms with Gasteiger partial charge in [0.1, 0.15) is 0 Å². The lowest BCUT2D eigenvalue weighted by molar-refractivity contribution is 0.215. The molecule has 0 spiro atoms. The Morgan fingerprint density at radius 2 is 1.94 bits per heavy atom. The van der Waals surface area contributed by atoms with Crippen LogP contribution in [0.1, 0.15) is 20.3 Å². The highest BCUT2D eigenvalue weighted by molar-refractivity contribution is 5.46. The average molecular weight is 218 g/mol. The summed E-state index contributed by atoms with van der Waals surface area (Å²) in [7, 11) is 2.07. The summed E-state index contributed by atoms with van der Waals surface area (Å²) in [5.74, 6) is 0. The van der Waals surface area contributed by atoms with Crippen molar-refractivity contribution in [3.05, 3.63) is 30.3 Å². The highest BCUT2D eigenvalue weighted by Gasteiger charge is 2.34. The second kappa shape index (κ2) is 4.46. The van der Waals surface area contributed by atoms with Crippen molar-refractivity contribution in [2.24, 2.45) is 5.41 Å². The summed E-state index contributed by atoms with van der Waals surface area (Å²) in [6.07, 6.45) is 1.22. The van der Waals surface area contributed by atoms with Gasteiger partial charge in [-0.25, -0.2) is 0 Å². The van der Waals surface area contributed by atoms with Crippen LogP contribution in [0.3, 0.4) is 0 Å². The normalized spacial score (nSPS) is 24.4. The van der Waals surface area contributed by atoms with E-state index in [9.17, 15) is 0 Å². The van der Waals surface area contributed by atoms with E-state index in [4.69, 9.17) is 0 Å². The third-order valence-electron chi connectivity index (χ3n) is 3.70. The Bertz CT molecular complexity index is 332. The first-order chi connectivity index (χ1) is 7.63. The van der Waals surface area contributed by atoms with Crippen molar-refractivity contribution in [1.29, 1.82) is 0 Å². The first kappa shape index (κ1) is 11.5. The van der Waals surface area contributed by atoms with E-state index in [1.807, 2.05) is 0 Å². The number of hydrogen-bond acceptors (Lipinski definition) is 2. The molecule has 1 fully saturated rings. The highest BCUT2D eigenvalue weighted by Crippen LogP contribution is 2.31. The summed E-state index contributed by atoms with van der Waals surface area (Å²) in [5.41, 5.74) is 1.69. The van der Waals surface area contributed by atoms with Gasteiger partial charge < -0.3 is 10.2 Å². The Morgan fingerprint density at radius 1 is 1.25 bits per heavy atom. The quantitative estimate of drug-likeness (QED) is 0.820. The molecule has 1 heterocycles. The van der Waals surface area contributed by atoms with Crippen LogP contribution in [0.15, 0.2) is 30.3 Å². The number of rotatable bonds is 2. The molecule has 0 saturated carbocycles. The van der Waals surface area contributed by atoms with Crippen LogP contribution in [0, 0.1) is 5.41 Å². The zero-order valence-corrected chi connectivity index (χ0v) is 10.5. The van der Waals surface area contributed by atoms with Crippen LogP contribution in [0.25, 0.3) is 0 Å². The third kappa shape index (κ3) is 2.22. The van der Waals surface area contributed by atoms with Crippen LogP contribution >= 0.6 is 0 Å². The molecule has 0 bridgehead atoms. The zero-order valence-electron chi connectivity index (χ0n) is 10.5. The van der Waals surface area contributed by atoms with E-state index in [2.05, 4.69) is 61.4 Å². The molecule has 1 unspecified atom stereocenters. The molecule has 0 aromatic heterocycles. The van der Waals surface area contributed by atoms with Gasteiger partial charge in [-0.2, -0.15) is 0 Å². The highest BCUT2D eigenvalue weighted by atomic mass is 15.2. The SMILES string of the molecule is CNC1CCN(c2ccccc2)CC1(C)C. The smallest absolute Gasteiger partial charge is 0.0366 e. The summed E-state index contributed by atoms with van der Waals surface area (Å²) in [5, 5.41) is 3.44. The Hall–Kier alpha value is -1.02. The lowest BCUT2D eigenvalue weighted by atomic mass is 9.79. The van der Waals surface area contributed by atoms with E-state index >= 15 is 0 Å². The minimum absolute atomic E-state index is 0.336. The van der Waals surface area contributed by atoms with Crippen LogP contribution in [0.2, 0.25) is 0 Å². The van der Waals surface area contributed by atoms with E-state index in [-0.39, 0.29) is 0 Å². The summed E-state index contributed by atoms with van der Waals surface area (Å²) < 4.78 is 0. The first-order valence-electron chi connectivity index (χ1n) is 6.11. The number of piperidine rings is 1. The largest absolute Gasteiger partial charge is 0.371 e. The molecule has 1 N–H and O–H groups in total. The fourth-order valence-electron chi connectivity index (χ4n) is 2.75. The third-order valence-corrected chi connectivity index (χ3v) is 3.70. The summed E-state index contributed by atoms with van der Waals surface area (Å²) in [4.78, 5) is 2.49. The second-order valence-corrected chi connectivity index (χ2v) is 5.38. The van der Waals surface area contributed by atoms with Crippen molar-refractivity contribution in [3.8, 4) is 0 Å². The van der Waals surface area contributed by atoms with Gasteiger partial charge in [-0.3, -0.25) is 0 Å². The van der Waals surface area contributed by atoms with Crippen LogP contribution < -0.4 is 10.2 Å². The average Bonchev–Trinajstić information content (AvgIpc) is 2.29. The van der Waals surface area contributed by atoms with E-state index < -0.39 is 0 Å². The van der Waals surface area contributed by atoms with Gasteiger partial charge in [0.05, 0.1) is 0 Å². The van der Waals surface area contributed by atoms with Crippen molar-refractivity contribution < 1.29 is 0 Å². The number of hydrogen-bond donors (Lipinski definition) is 1. The van der Waals surface area contributed by atoms with E-state index in [0.717, 1.165) is 13.1 Å². The Balaban J connectivity index is 2.11. The van der Waals surface area contributed by atoms with E-state index in [1.165, 1.54) is 12.1 Å². The fraction of sp³-hybridized carbons (Fsp3) is 0.571. The maximum Gasteiger partial charge on any atom is 0.0366 e. The molecule has 16 heavy (non-hydrogen) atoms. The molecule has 0 radical (unpaired) electrons. The number of para-hydroxylation sites is 1. The maximum atomic E-state index is 3.44. The molecule has 0 amide bonds. The predicted molar refractivity (Wildman–Crippen MR) is 69.9 cm³/mol. The molecule has 2 nitrogen and oxygen atoms in total. The van der Waals surface area contributed by atoms with E-state index in [0.29, 0.717) is 11.5 Å². The Kier molecular flexibility index (Phi) is 3.20. The van der Waals surface area contributed by atoms with Gasteiger partial charge in [0, 0.05) is 24.8 Å².